The molecule has 0 saturated heterocycles. The smallest absolute Gasteiger partial charge is 0.240 e. The number of carbonyl (C=O) groups is 2. The third-order valence-corrected chi connectivity index (χ3v) is 3.45. The maximum absolute atomic E-state index is 11.7. The largest absolute Gasteiger partial charge is 0.352 e. The van der Waals surface area contributed by atoms with E-state index in [0.717, 1.165) is 36.9 Å². The predicted molar refractivity (Wildman–Crippen MR) is 62.9 cm³/mol. The Morgan fingerprint density at radius 2 is 2.24 bits per heavy atom. The third-order valence-electron chi connectivity index (χ3n) is 3.45. The Labute approximate surface area is 100.0 Å². The van der Waals surface area contributed by atoms with E-state index in [1.54, 1.807) is 0 Å². The van der Waals surface area contributed by atoms with E-state index < -0.39 is 0 Å². The topological polar surface area (TPSA) is 51.1 Å². The Morgan fingerprint density at radius 3 is 3.00 bits per heavy atom. The maximum Gasteiger partial charge on any atom is 0.240 e. The van der Waals surface area contributed by atoms with Crippen LogP contribution in [0.2, 0.25) is 0 Å². The SMILES string of the molecule is O=C(Cn1ccc2c1CCCC2=O)NC1CC1. The van der Waals surface area contributed by atoms with Gasteiger partial charge in [0.15, 0.2) is 5.78 Å². The third kappa shape index (κ3) is 2.12. The Morgan fingerprint density at radius 1 is 1.41 bits per heavy atom. The highest BCUT2D eigenvalue weighted by Gasteiger charge is 2.25. The number of hydrogen-bond acceptors (Lipinski definition) is 2. The molecule has 1 amide bonds. The van der Waals surface area contributed by atoms with Crippen LogP contribution in [-0.4, -0.2) is 22.3 Å². The van der Waals surface area contributed by atoms with Crippen LogP contribution in [-0.2, 0) is 17.8 Å². The van der Waals surface area contributed by atoms with E-state index in [0.29, 0.717) is 19.0 Å². The van der Waals surface area contributed by atoms with Crippen molar-refractivity contribution in [3.05, 3.63) is 23.5 Å². The molecule has 0 aliphatic heterocycles. The molecule has 90 valence electrons. The van der Waals surface area contributed by atoms with E-state index >= 15 is 0 Å². The second-order valence-electron chi connectivity index (χ2n) is 4.92. The molecule has 1 saturated carbocycles. The molecule has 2 aliphatic carbocycles. The fraction of sp³-hybridized carbons (Fsp3) is 0.538. The van der Waals surface area contributed by atoms with Gasteiger partial charge in [0, 0.05) is 29.9 Å². The average molecular weight is 232 g/mol. The number of carbonyl (C=O) groups excluding carboxylic acids is 2. The summed E-state index contributed by atoms with van der Waals surface area (Å²) in [6.45, 7) is 0.346. The summed E-state index contributed by atoms with van der Waals surface area (Å²) in [5, 5.41) is 2.97. The molecule has 0 bridgehead atoms. The van der Waals surface area contributed by atoms with E-state index in [-0.39, 0.29) is 11.7 Å². The van der Waals surface area contributed by atoms with Crippen LogP contribution >= 0.6 is 0 Å². The quantitative estimate of drug-likeness (QED) is 0.853. The number of Topliss-reactive ketones (excluding diaryl/α,β-unsaturated/α-hetero) is 1. The van der Waals surface area contributed by atoms with Crippen LogP contribution in [0.4, 0.5) is 0 Å². The first-order valence-corrected chi connectivity index (χ1v) is 6.24. The minimum absolute atomic E-state index is 0.0592. The zero-order valence-corrected chi connectivity index (χ0v) is 9.74. The molecule has 1 aromatic heterocycles. The maximum atomic E-state index is 11.7. The first-order valence-electron chi connectivity index (χ1n) is 6.24. The minimum Gasteiger partial charge on any atom is -0.352 e. The van der Waals surface area contributed by atoms with Crippen molar-refractivity contribution in [2.24, 2.45) is 0 Å². The molecule has 1 fully saturated rings. The lowest BCUT2D eigenvalue weighted by Gasteiger charge is -2.14. The van der Waals surface area contributed by atoms with Crippen molar-refractivity contribution >= 4 is 11.7 Å². The molecule has 2 aliphatic rings. The highest BCUT2D eigenvalue weighted by Crippen LogP contribution is 2.22. The second-order valence-corrected chi connectivity index (χ2v) is 4.92. The van der Waals surface area contributed by atoms with Gasteiger partial charge < -0.3 is 9.88 Å². The van der Waals surface area contributed by atoms with Gasteiger partial charge in [-0.15, -0.1) is 0 Å². The zero-order valence-electron chi connectivity index (χ0n) is 9.74. The van der Waals surface area contributed by atoms with Gasteiger partial charge in [-0.3, -0.25) is 9.59 Å². The number of amides is 1. The van der Waals surface area contributed by atoms with Gasteiger partial charge in [0.25, 0.3) is 0 Å². The fourth-order valence-electron chi connectivity index (χ4n) is 2.39. The van der Waals surface area contributed by atoms with Crippen molar-refractivity contribution in [3.8, 4) is 0 Å². The Balaban J connectivity index is 1.74. The van der Waals surface area contributed by atoms with Crippen molar-refractivity contribution in [2.75, 3.05) is 0 Å². The van der Waals surface area contributed by atoms with Gasteiger partial charge in [-0.25, -0.2) is 0 Å². The molecule has 4 nitrogen and oxygen atoms in total. The van der Waals surface area contributed by atoms with Gasteiger partial charge in [-0.1, -0.05) is 0 Å². The monoisotopic (exact) mass is 232 g/mol. The van der Waals surface area contributed by atoms with Crippen LogP contribution in [0.5, 0.6) is 0 Å². The molecule has 3 rings (SSSR count). The number of rotatable bonds is 3. The predicted octanol–water partition coefficient (Wildman–Crippen LogP) is 1.29. The number of fused-ring (bicyclic) bond motifs is 1. The van der Waals surface area contributed by atoms with Crippen LogP contribution in [0, 0.1) is 0 Å². The van der Waals surface area contributed by atoms with Crippen molar-refractivity contribution in [2.45, 2.75) is 44.7 Å². The van der Waals surface area contributed by atoms with Crippen molar-refractivity contribution < 1.29 is 9.59 Å². The lowest BCUT2D eigenvalue weighted by Crippen LogP contribution is -2.30. The van der Waals surface area contributed by atoms with Gasteiger partial charge in [0.2, 0.25) is 5.91 Å². The molecule has 17 heavy (non-hydrogen) atoms. The lowest BCUT2D eigenvalue weighted by molar-refractivity contribution is -0.121. The number of ketones is 1. The standard InChI is InChI=1S/C13H16N2O2/c16-12-3-1-2-11-10(12)6-7-15(11)8-13(17)14-9-4-5-9/h6-7,9H,1-5,8H2,(H,14,17). The van der Waals surface area contributed by atoms with E-state index in [2.05, 4.69) is 5.32 Å². The summed E-state index contributed by atoms with van der Waals surface area (Å²) in [5.41, 5.74) is 1.85. The van der Waals surface area contributed by atoms with Gasteiger partial charge >= 0.3 is 0 Å². The van der Waals surface area contributed by atoms with Gasteiger partial charge in [0.1, 0.15) is 6.54 Å². The van der Waals surface area contributed by atoms with E-state index in [1.165, 1.54) is 0 Å². The highest BCUT2D eigenvalue weighted by atomic mass is 16.2. The van der Waals surface area contributed by atoms with Crippen LogP contribution in [0.1, 0.15) is 41.7 Å². The first kappa shape index (κ1) is 10.6. The van der Waals surface area contributed by atoms with Crippen molar-refractivity contribution in [1.82, 2.24) is 9.88 Å². The highest BCUT2D eigenvalue weighted by molar-refractivity contribution is 5.98. The van der Waals surface area contributed by atoms with E-state index in [9.17, 15) is 9.59 Å². The minimum atomic E-state index is 0.0592. The normalized spacial score (nSPS) is 18.9. The van der Waals surface area contributed by atoms with Crippen LogP contribution in [0.25, 0.3) is 0 Å². The molecular formula is C13H16N2O2. The molecule has 0 radical (unpaired) electrons. The Hall–Kier alpha value is -1.58. The van der Waals surface area contributed by atoms with Crippen molar-refractivity contribution in [3.63, 3.8) is 0 Å². The molecule has 0 atom stereocenters. The summed E-state index contributed by atoms with van der Waals surface area (Å²) >= 11 is 0. The van der Waals surface area contributed by atoms with Gasteiger partial charge in [0.05, 0.1) is 0 Å². The molecule has 0 unspecified atom stereocenters. The van der Waals surface area contributed by atoms with Crippen LogP contribution < -0.4 is 5.32 Å². The molecule has 0 spiro atoms. The lowest BCUT2D eigenvalue weighted by atomic mass is 9.97. The number of nitrogens with zero attached hydrogens (tertiary/aromatic N) is 1. The van der Waals surface area contributed by atoms with Crippen LogP contribution in [0.3, 0.4) is 0 Å². The van der Waals surface area contributed by atoms with Crippen LogP contribution in [0.15, 0.2) is 12.3 Å². The summed E-state index contributed by atoms with van der Waals surface area (Å²) in [4.78, 5) is 23.4. The van der Waals surface area contributed by atoms with E-state index in [1.807, 2.05) is 16.8 Å². The first-order chi connectivity index (χ1) is 8.24. The Kier molecular flexibility index (Phi) is 2.50. The number of hydrogen-bond donors (Lipinski definition) is 1. The number of aromatic nitrogens is 1. The molecule has 1 aromatic rings. The zero-order chi connectivity index (χ0) is 11.8. The molecule has 1 N–H and O–H groups in total. The van der Waals surface area contributed by atoms with Gasteiger partial charge in [-0.2, -0.15) is 0 Å². The molecule has 4 heteroatoms. The summed E-state index contributed by atoms with van der Waals surface area (Å²) in [7, 11) is 0. The summed E-state index contributed by atoms with van der Waals surface area (Å²) < 4.78 is 1.92. The summed E-state index contributed by atoms with van der Waals surface area (Å²) in [5.74, 6) is 0.275. The summed E-state index contributed by atoms with van der Waals surface area (Å²) in [6, 6.07) is 2.25. The average Bonchev–Trinajstić information content (AvgIpc) is 3.00. The molecule has 1 heterocycles. The molecular weight excluding hydrogens is 216 g/mol. The van der Waals surface area contributed by atoms with Crippen molar-refractivity contribution in [1.29, 1.82) is 0 Å². The van der Waals surface area contributed by atoms with Gasteiger partial charge in [-0.05, 0) is 31.7 Å². The second kappa shape index (κ2) is 4.02. The summed E-state index contributed by atoms with van der Waals surface area (Å²) in [6.07, 6.45) is 6.53. The fourth-order valence-corrected chi connectivity index (χ4v) is 2.39. The van der Waals surface area contributed by atoms with E-state index in [4.69, 9.17) is 0 Å². The Bertz CT molecular complexity index is 472. The molecule has 0 aromatic carbocycles. The number of nitrogens with one attached hydrogen (secondary N) is 1.